The zero-order valence-corrected chi connectivity index (χ0v) is 13.2. The summed E-state index contributed by atoms with van der Waals surface area (Å²) in [5.74, 6) is 0.937. The Morgan fingerprint density at radius 2 is 1.95 bits per heavy atom. The zero-order valence-electron chi connectivity index (χ0n) is 13.2. The maximum Gasteiger partial charge on any atom is 0.131 e. The van der Waals surface area contributed by atoms with E-state index in [9.17, 15) is 0 Å². The van der Waals surface area contributed by atoms with Gasteiger partial charge in [-0.15, -0.1) is 0 Å². The third kappa shape index (κ3) is 4.25. The molecule has 1 unspecified atom stereocenters. The Hall–Kier alpha value is -1.00. The summed E-state index contributed by atoms with van der Waals surface area (Å²) in [5, 5.41) is 3.45. The van der Waals surface area contributed by atoms with Crippen molar-refractivity contribution in [2.45, 2.75) is 65.5 Å². The highest BCUT2D eigenvalue weighted by atomic mass is 16.5. The lowest BCUT2D eigenvalue weighted by Gasteiger charge is -2.14. The largest absolute Gasteiger partial charge is 0.378 e. The van der Waals surface area contributed by atoms with E-state index in [1.165, 1.54) is 12.0 Å². The summed E-state index contributed by atoms with van der Waals surface area (Å²) < 4.78 is 5.67. The summed E-state index contributed by atoms with van der Waals surface area (Å²) in [5.41, 5.74) is 3.53. The van der Waals surface area contributed by atoms with E-state index >= 15 is 0 Å². The van der Waals surface area contributed by atoms with Crippen LogP contribution < -0.4 is 5.32 Å². The zero-order chi connectivity index (χ0) is 14.5. The van der Waals surface area contributed by atoms with E-state index in [4.69, 9.17) is 4.74 Å². The molecule has 112 valence electrons. The second-order valence-electron chi connectivity index (χ2n) is 5.99. The molecule has 0 bridgehead atoms. The Morgan fingerprint density at radius 3 is 2.50 bits per heavy atom. The van der Waals surface area contributed by atoms with Crippen LogP contribution >= 0.6 is 0 Å². The van der Waals surface area contributed by atoms with Gasteiger partial charge in [0, 0.05) is 30.5 Å². The van der Waals surface area contributed by atoms with Crippen LogP contribution in [0.5, 0.6) is 0 Å². The van der Waals surface area contributed by atoms with E-state index in [-0.39, 0.29) is 0 Å². The first-order valence-corrected chi connectivity index (χ1v) is 7.74. The molecule has 2 rings (SSSR count). The first kappa shape index (κ1) is 15.4. The molecule has 2 heterocycles. The summed E-state index contributed by atoms with van der Waals surface area (Å²) in [6, 6.07) is 0.523. The van der Waals surface area contributed by atoms with Crippen molar-refractivity contribution in [1.29, 1.82) is 0 Å². The number of aromatic nitrogens is 2. The van der Waals surface area contributed by atoms with Crippen molar-refractivity contribution in [3.63, 3.8) is 0 Å². The third-order valence-corrected chi connectivity index (χ3v) is 3.83. The van der Waals surface area contributed by atoms with Crippen molar-refractivity contribution in [2.24, 2.45) is 0 Å². The fourth-order valence-electron chi connectivity index (χ4n) is 2.76. The average molecular weight is 277 g/mol. The van der Waals surface area contributed by atoms with Crippen LogP contribution in [0.1, 0.15) is 49.5 Å². The second-order valence-corrected chi connectivity index (χ2v) is 5.99. The fraction of sp³-hybridized carbons (Fsp3) is 0.750. The van der Waals surface area contributed by atoms with Gasteiger partial charge in [-0.1, -0.05) is 13.8 Å². The summed E-state index contributed by atoms with van der Waals surface area (Å²) in [6.07, 6.45) is 4.48. The minimum atomic E-state index is 0.322. The van der Waals surface area contributed by atoms with Crippen LogP contribution in [0.3, 0.4) is 0 Å². The van der Waals surface area contributed by atoms with Gasteiger partial charge in [0.15, 0.2) is 0 Å². The molecular formula is C16H27N3O. The summed E-state index contributed by atoms with van der Waals surface area (Å²) in [7, 11) is 0. The molecule has 1 aromatic rings. The monoisotopic (exact) mass is 277 g/mol. The molecule has 4 nitrogen and oxygen atoms in total. The lowest BCUT2D eigenvalue weighted by Crippen LogP contribution is -2.25. The van der Waals surface area contributed by atoms with Gasteiger partial charge >= 0.3 is 0 Å². The van der Waals surface area contributed by atoms with Crippen molar-refractivity contribution >= 4 is 0 Å². The van der Waals surface area contributed by atoms with E-state index in [1.807, 2.05) is 0 Å². The molecule has 20 heavy (non-hydrogen) atoms. The number of nitrogens with one attached hydrogen (secondary N) is 1. The predicted molar refractivity (Wildman–Crippen MR) is 81.0 cm³/mol. The molecule has 1 aromatic heterocycles. The van der Waals surface area contributed by atoms with Crippen LogP contribution in [0, 0.1) is 13.8 Å². The lowest BCUT2D eigenvalue weighted by atomic mass is 10.1. The minimum absolute atomic E-state index is 0.322. The summed E-state index contributed by atoms with van der Waals surface area (Å²) in [4.78, 5) is 9.35. The highest BCUT2D eigenvalue weighted by molar-refractivity contribution is 5.25. The fourth-order valence-corrected chi connectivity index (χ4v) is 2.76. The molecule has 1 atom stereocenters. The van der Waals surface area contributed by atoms with Gasteiger partial charge in [-0.05, 0) is 45.2 Å². The molecule has 1 N–H and O–H groups in total. The first-order chi connectivity index (χ1) is 9.56. The number of hydrogen-bond acceptors (Lipinski definition) is 4. The lowest BCUT2D eigenvalue weighted by molar-refractivity contribution is 0.110. The van der Waals surface area contributed by atoms with Crippen LogP contribution in [0.15, 0.2) is 0 Å². The molecule has 0 spiro atoms. The molecule has 1 aliphatic rings. The summed E-state index contributed by atoms with van der Waals surface area (Å²) in [6.45, 7) is 10.4. The van der Waals surface area contributed by atoms with Gasteiger partial charge in [-0.25, -0.2) is 9.97 Å². The number of hydrogen-bond donors (Lipinski definition) is 1. The molecule has 0 aromatic carbocycles. The molecule has 4 heteroatoms. The third-order valence-electron chi connectivity index (χ3n) is 3.83. The topological polar surface area (TPSA) is 47.0 Å². The average Bonchev–Trinajstić information content (AvgIpc) is 2.85. The van der Waals surface area contributed by atoms with Gasteiger partial charge in [0.25, 0.3) is 0 Å². The molecular weight excluding hydrogens is 250 g/mol. The standard InChI is InChI=1S/C16H27N3O/c1-11(2)17-8-7-15-12(3)18-16(19-13(15)4)10-14-6-5-9-20-14/h11,14,17H,5-10H2,1-4H3. The Morgan fingerprint density at radius 1 is 1.25 bits per heavy atom. The molecule has 1 saturated heterocycles. The number of ether oxygens (including phenoxy) is 1. The van der Waals surface area contributed by atoms with Crippen molar-refractivity contribution in [3.05, 3.63) is 22.8 Å². The predicted octanol–water partition coefficient (Wildman–Crippen LogP) is 2.36. The van der Waals surface area contributed by atoms with Gasteiger partial charge in [-0.2, -0.15) is 0 Å². The highest BCUT2D eigenvalue weighted by Crippen LogP contribution is 2.17. The van der Waals surface area contributed by atoms with Gasteiger partial charge in [0.1, 0.15) is 5.82 Å². The number of rotatable bonds is 6. The van der Waals surface area contributed by atoms with Gasteiger partial charge < -0.3 is 10.1 Å². The van der Waals surface area contributed by atoms with Crippen LogP contribution in [-0.4, -0.2) is 35.3 Å². The minimum Gasteiger partial charge on any atom is -0.378 e. The maximum absolute atomic E-state index is 5.67. The van der Waals surface area contributed by atoms with Gasteiger partial charge in [0.05, 0.1) is 6.10 Å². The Bertz CT molecular complexity index is 416. The molecule has 0 amide bonds. The highest BCUT2D eigenvalue weighted by Gasteiger charge is 2.18. The van der Waals surface area contributed by atoms with E-state index in [1.54, 1.807) is 0 Å². The van der Waals surface area contributed by atoms with Crippen LogP contribution in [0.4, 0.5) is 0 Å². The normalized spacial score (nSPS) is 18.9. The van der Waals surface area contributed by atoms with Crippen molar-refractivity contribution in [1.82, 2.24) is 15.3 Å². The SMILES string of the molecule is Cc1nc(CC2CCCO2)nc(C)c1CCNC(C)C. The van der Waals surface area contributed by atoms with E-state index in [0.29, 0.717) is 12.1 Å². The van der Waals surface area contributed by atoms with Crippen LogP contribution in [0.25, 0.3) is 0 Å². The van der Waals surface area contributed by atoms with Crippen molar-refractivity contribution in [3.8, 4) is 0 Å². The van der Waals surface area contributed by atoms with Crippen molar-refractivity contribution < 1.29 is 4.74 Å². The van der Waals surface area contributed by atoms with Crippen LogP contribution in [-0.2, 0) is 17.6 Å². The molecule has 1 aliphatic heterocycles. The van der Waals surface area contributed by atoms with Crippen LogP contribution in [0.2, 0.25) is 0 Å². The van der Waals surface area contributed by atoms with Gasteiger partial charge in [0.2, 0.25) is 0 Å². The first-order valence-electron chi connectivity index (χ1n) is 7.74. The molecule has 0 radical (unpaired) electrons. The number of aryl methyl sites for hydroxylation is 2. The Kier molecular flexibility index (Phi) is 5.49. The number of nitrogens with zero attached hydrogens (tertiary/aromatic N) is 2. The molecule has 0 saturated carbocycles. The molecule has 0 aliphatic carbocycles. The quantitative estimate of drug-likeness (QED) is 0.867. The van der Waals surface area contributed by atoms with E-state index in [0.717, 1.165) is 49.6 Å². The summed E-state index contributed by atoms with van der Waals surface area (Å²) >= 11 is 0. The smallest absolute Gasteiger partial charge is 0.131 e. The Labute approximate surface area is 122 Å². The second kappa shape index (κ2) is 7.14. The van der Waals surface area contributed by atoms with E-state index in [2.05, 4.69) is 43.0 Å². The van der Waals surface area contributed by atoms with Gasteiger partial charge in [-0.3, -0.25) is 0 Å². The van der Waals surface area contributed by atoms with Crippen molar-refractivity contribution in [2.75, 3.05) is 13.2 Å². The maximum atomic E-state index is 5.67. The van der Waals surface area contributed by atoms with E-state index < -0.39 is 0 Å². The Balaban J connectivity index is 1.99. The molecule has 1 fully saturated rings.